The first-order valence-corrected chi connectivity index (χ1v) is 7.03. The molecule has 2 rings (SSSR count). The molecule has 0 atom stereocenters. The summed E-state index contributed by atoms with van der Waals surface area (Å²) in [7, 11) is 0. The van der Waals surface area contributed by atoms with Gasteiger partial charge in [-0.25, -0.2) is 4.98 Å². The van der Waals surface area contributed by atoms with Crippen molar-refractivity contribution in [3.8, 4) is 10.6 Å². The molecule has 0 saturated heterocycles. The Morgan fingerprint density at radius 1 is 1.28 bits per heavy atom. The van der Waals surface area contributed by atoms with E-state index in [4.69, 9.17) is 10.7 Å². The molecule has 0 aliphatic heterocycles. The standard InChI is InChI=1S/C14H19N3S/c1-4-5-11-12(14(2,3)15)18-13(17-11)10-6-8-16-9-7-10/h6-9H,4-5,15H2,1-3H3. The predicted octanol–water partition coefficient (Wildman–Crippen LogP) is 3.35. The maximum absolute atomic E-state index is 6.24. The molecule has 0 aromatic carbocycles. The van der Waals surface area contributed by atoms with Crippen molar-refractivity contribution in [2.45, 2.75) is 39.2 Å². The Kier molecular flexibility index (Phi) is 3.78. The topological polar surface area (TPSA) is 51.8 Å². The second-order valence-corrected chi connectivity index (χ2v) is 6.00. The van der Waals surface area contributed by atoms with E-state index < -0.39 is 0 Å². The molecule has 96 valence electrons. The third kappa shape index (κ3) is 2.76. The van der Waals surface area contributed by atoms with Crippen LogP contribution in [-0.2, 0) is 12.0 Å². The summed E-state index contributed by atoms with van der Waals surface area (Å²) in [4.78, 5) is 9.98. The number of aryl methyl sites for hydroxylation is 1. The lowest BCUT2D eigenvalue weighted by Crippen LogP contribution is -2.28. The number of rotatable bonds is 4. The summed E-state index contributed by atoms with van der Waals surface area (Å²) in [6.45, 7) is 6.24. The highest BCUT2D eigenvalue weighted by Gasteiger charge is 2.23. The van der Waals surface area contributed by atoms with Crippen LogP contribution in [0, 0.1) is 0 Å². The Morgan fingerprint density at radius 2 is 1.94 bits per heavy atom. The molecule has 0 spiro atoms. The van der Waals surface area contributed by atoms with Gasteiger partial charge >= 0.3 is 0 Å². The molecule has 0 bridgehead atoms. The fraction of sp³-hybridized carbons (Fsp3) is 0.429. The summed E-state index contributed by atoms with van der Waals surface area (Å²) >= 11 is 1.70. The molecule has 4 heteroatoms. The molecule has 2 aromatic rings. The second kappa shape index (κ2) is 5.16. The van der Waals surface area contributed by atoms with E-state index in [0.29, 0.717) is 0 Å². The Labute approximate surface area is 112 Å². The number of hydrogen-bond donors (Lipinski definition) is 1. The van der Waals surface area contributed by atoms with Gasteiger partial charge in [-0.15, -0.1) is 11.3 Å². The highest BCUT2D eigenvalue weighted by molar-refractivity contribution is 7.15. The Balaban J connectivity index is 2.46. The van der Waals surface area contributed by atoms with Crippen molar-refractivity contribution >= 4 is 11.3 Å². The normalized spacial score (nSPS) is 11.8. The van der Waals surface area contributed by atoms with Crippen molar-refractivity contribution in [2.75, 3.05) is 0 Å². The zero-order valence-electron chi connectivity index (χ0n) is 11.1. The average molecular weight is 261 g/mol. The van der Waals surface area contributed by atoms with Crippen LogP contribution in [0.4, 0.5) is 0 Å². The quantitative estimate of drug-likeness (QED) is 0.918. The van der Waals surface area contributed by atoms with E-state index in [2.05, 4.69) is 11.9 Å². The largest absolute Gasteiger partial charge is 0.321 e. The molecule has 2 heterocycles. The Hall–Kier alpha value is -1.26. The zero-order chi connectivity index (χ0) is 13.2. The molecule has 0 aliphatic carbocycles. The van der Waals surface area contributed by atoms with E-state index in [-0.39, 0.29) is 5.54 Å². The van der Waals surface area contributed by atoms with Crippen LogP contribution in [0.3, 0.4) is 0 Å². The van der Waals surface area contributed by atoms with E-state index in [1.165, 1.54) is 4.88 Å². The van der Waals surface area contributed by atoms with Crippen LogP contribution >= 0.6 is 11.3 Å². The maximum atomic E-state index is 6.24. The van der Waals surface area contributed by atoms with E-state index in [0.717, 1.165) is 29.1 Å². The van der Waals surface area contributed by atoms with Gasteiger partial charge in [-0.3, -0.25) is 4.98 Å². The molecule has 3 nitrogen and oxygen atoms in total. The molecule has 0 radical (unpaired) electrons. The first-order chi connectivity index (χ1) is 8.52. The monoisotopic (exact) mass is 261 g/mol. The molecule has 2 aromatic heterocycles. The Bertz CT molecular complexity index is 512. The molecule has 2 N–H and O–H groups in total. The van der Waals surface area contributed by atoms with Crippen molar-refractivity contribution in [1.82, 2.24) is 9.97 Å². The summed E-state index contributed by atoms with van der Waals surface area (Å²) in [5.74, 6) is 0. The molecule has 0 saturated carbocycles. The van der Waals surface area contributed by atoms with E-state index in [9.17, 15) is 0 Å². The minimum absolute atomic E-state index is 0.326. The van der Waals surface area contributed by atoms with Gasteiger partial charge < -0.3 is 5.73 Å². The zero-order valence-corrected chi connectivity index (χ0v) is 11.9. The number of pyridine rings is 1. The van der Waals surface area contributed by atoms with Gasteiger partial charge in [0.2, 0.25) is 0 Å². The van der Waals surface area contributed by atoms with Crippen LogP contribution < -0.4 is 5.73 Å². The van der Waals surface area contributed by atoms with Crippen molar-refractivity contribution in [1.29, 1.82) is 0 Å². The number of nitrogens with two attached hydrogens (primary N) is 1. The van der Waals surface area contributed by atoms with E-state index >= 15 is 0 Å². The Morgan fingerprint density at radius 3 is 2.50 bits per heavy atom. The van der Waals surface area contributed by atoms with Gasteiger partial charge in [0.15, 0.2) is 0 Å². The minimum atomic E-state index is -0.326. The van der Waals surface area contributed by atoms with Gasteiger partial charge in [-0.05, 0) is 32.4 Å². The summed E-state index contributed by atoms with van der Waals surface area (Å²) in [6, 6.07) is 3.98. The fourth-order valence-corrected chi connectivity index (χ4v) is 3.01. The van der Waals surface area contributed by atoms with Crippen LogP contribution in [0.25, 0.3) is 10.6 Å². The smallest absolute Gasteiger partial charge is 0.124 e. The average Bonchev–Trinajstić information content (AvgIpc) is 2.75. The molecular formula is C14H19N3S. The van der Waals surface area contributed by atoms with Crippen LogP contribution in [0.15, 0.2) is 24.5 Å². The van der Waals surface area contributed by atoms with Crippen LogP contribution in [0.5, 0.6) is 0 Å². The number of thiazole rings is 1. The molecule has 0 unspecified atom stereocenters. The predicted molar refractivity (Wildman–Crippen MR) is 76.6 cm³/mol. The SMILES string of the molecule is CCCc1nc(-c2ccncc2)sc1C(C)(C)N. The number of nitrogens with zero attached hydrogens (tertiary/aromatic N) is 2. The summed E-state index contributed by atoms with van der Waals surface area (Å²) in [5, 5.41) is 1.04. The minimum Gasteiger partial charge on any atom is -0.321 e. The maximum Gasteiger partial charge on any atom is 0.124 e. The summed E-state index contributed by atoms with van der Waals surface area (Å²) in [5.41, 5.74) is 8.17. The van der Waals surface area contributed by atoms with E-state index in [1.807, 2.05) is 26.0 Å². The lowest BCUT2D eigenvalue weighted by atomic mass is 10.0. The van der Waals surface area contributed by atoms with Crippen molar-refractivity contribution in [3.63, 3.8) is 0 Å². The number of aromatic nitrogens is 2. The lowest BCUT2D eigenvalue weighted by molar-refractivity contribution is 0.557. The van der Waals surface area contributed by atoms with Gasteiger partial charge in [0, 0.05) is 28.4 Å². The molecule has 0 amide bonds. The second-order valence-electron chi connectivity index (χ2n) is 5.00. The van der Waals surface area contributed by atoms with Crippen LogP contribution in [-0.4, -0.2) is 9.97 Å². The molecule has 0 fully saturated rings. The molecule has 18 heavy (non-hydrogen) atoms. The van der Waals surface area contributed by atoms with Gasteiger partial charge in [0.1, 0.15) is 5.01 Å². The van der Waals surface area contributed by atoms with Crippen molar-refractivity contribution in [3.05, 3.63) is 35.1 Å². The van der Waals surface area contributed by atoms with Gasteiger partial charge in [-0.1, -0.05) is 13.3 Å². The highest BCUT2D eigenvalue weighted by Crippen LogP contribution is 2.34. The van der Waals surface area contributed by atoms with Crippen LogP contribution in [0.2, 0.25) is 0 Å². The van der Waals surface area contributed by atoms with Crippen molar-refractivity contribution < 1.29 is 0 Å². The number of hydrogen-bond acceptors (Lipinski definition) is 4. The van der Waals surface area contributed by atoms with E-state index in [1.54, 1.807) is 23.7 Å². The fourth-order valence-electron chi connectivity index (χ4n) is 1.88. The lowest BCUT2D eigenvalue weighted by Gasteiger charge is -2.17. The molecular weight excluding hydrogens is 242 g/mol. The van der Waals surface area contributed by atoms with Gasteiger partial charge in [0.05, 0.1) is 5.69 Å². The third-order valence-electron chi connectivity index (χ3n) is 2.70. The van der Waals surface area contributed by atoms with Gasteiger partial charge in [-0.2, -0.15) is 0 Å². The first kappa shape index (κ1) is 13.2. The summed E-state index contributed by atoms with van der Waals surface area (Å²) < 4.78 is 0. The molecule has 0 aliphatic rings. The first-order valence-electron chi connectivity index (χ1n) is 6.22. The third-order valence-corrected chi connectivity index (χ3v) is 4.18. The summed E-state index contributed by atoms with van der Waals surface area (Å²) in [6.07, 6.45) is 5.66. The van der Waals surface area contributed by atoms with Gasteiger partial charge in [0.25, 0.3) is 0 Å². The van der Waals surface area contributed by atoms with Crippen LogP contribution in [0.1, 0.15) is 37.8 Å². The highest BCUT2D eigenvalue weighted by atomic mass is 32.1. The van der Waals surface area contributed by atoms with Crippen molar-refractivity contribution in [2.24, 2.45) is 5.73 Å².